The summed E-state index contributed by atoms with van der Waals surface area (Å²) in [5, 5.41) is 12.3. The van der Waals surface area contributed by atoms with Crippen LogP contribution >= 0.6 is 11.6 Å². The zero-order valence-electron chi connectivity index (χ0n) is 8.49. The fraction of sp³-hybridized carbons (Fsp3) is 0.100. The maximum atomic E-state index is 11.7. The van der Waals surface area contributed by atoms with Gasteiger partial charge in [0.1, 0.15) is 0 Å². The van der Waals surface area contributed by atoms with E-state index in [0.29, 0.717) is 0 Å². The second-order valence-electron chi connectivity index (χ2n) is 3.23. The molecule has 0 aliphatic carbocycles. The van der Waals surface area contributed by atoms with Crippen LogP contribution in [0.15, 0.2) is 24.3 Å². The van der Waals surface area contributed by atoms with Crippen LogP contribution in [0.1, 0.15) is 16.1 Å². The fourth-order valence-corrected chi connectivity index (χ4v) is 1.42. The van der Waals surface area contributed by atoms with Gasteiger partial charge in [-0.15, -0.1) is 10.2 Å². The van der Waals surface area contributed by atoms with Gasteiger partial charge in [0.05, 0.1) is 0 Å². The van der Waals surface area contributed by atoms with Gasteiger partial charge in [0, 0.05) is 5.69 Å². The van der Waals surface area contributed by atoms with Crippen LogP contribution in [0.5, 0.6) is 0 Å². The van der Waals surface area contributed by atoms with Gasteiger partial charge >= 0.3 is 0 Å². The number of nitrogens with zero attached hydrogens (tertiary/aromatic N) is 2. The Hall–Kier alpha value is -1.88. The number of hydrogen-bond donors (Lipinski definition) is 2. The quantitative estimate of drug-likeness (QED) is 0.838. The van der Waals surface area contributed by atoms with E-state index >= 15 is 0 Å². The summed E-state index contributed by atoms with van der Waals surface area (Å²) in [4.78, 5) is 11.7. The third-order valence-corrected chi connectivity index (χ3v) is 2.38. The van der Waals surface area contributed by atoms with Crippen molar-refractivity contribution in [2.75, 3.05) is 5.32 Å². The first kappa shape index (κ1) is 10.6. The first-order chi connectivity index (χ1) is 7.68. The first-order valence-electron chi connectivity index (χ1n) is 4.61. The van der Waals surface area contributed by atoms with Gasteiger partial charge in [0.25, 0.3) is 5.91 Å². The molecule has 5 nitrogen and oxygen atoms in total. The van der Waals surface area contributed by atoms with Gasteiger partial charge in [-0.2, -0.15) is 5.21 Å². The van der Waals surface area contributed by atoms with Crippen molar-refractivity contribution < 1.29 is 4.79 Å². The third kappa shape index (κ3) is 2.04. The number of aromatic nitrogens is 3. The highest BCUT2D eigenvalue weighted by molar-refractivity contribution is 6.32. The SMILES string of the molecule is Cc1ccccc1NC(=O)c1n[nH]nc1Cl. The van der Waals surface area contributed by atoms with E-state index in [1.807, 2.05) is 25.1 Å². The molecular formula is C10H9ClN4O. The highest BCUT2D eigenvalue weighted by atomic mass is 35.5. The maximum Gasteiger partial charge on any atom is 0.279 e. The fourth-order valence-electron chi connectivity index (χ4n) is 1.26. The molecule has 0 aliphatic rings. The molecule has 1 aromatic carbocycles. The van der Waals surface area contributed by atoms with Crippen molar-refractivity contribution in [2.45, 2.75) is 6.92 Å². The molecule has 2 aromatic rings. The minimum Gasteiger partial charge on any atom is -0.320 e. The number of rotatable bonds is 2. The Kier molecular flexibility index (Phi) is 2.87. The lowest BCUT2D eigenvalue weighted by atomic mass is 10.2. The standard InChI is InChI=1S/C10H9ClN4O/c1-6-4-2-3-5-7(6)12-10(16)8-9(11)14-15-13-8/h2-5H,1H3,(H,12,16)(H,13,14,15). The van der Waals surface area contributed by atoms with Gasteiger partial charge in [-0.05, 0) is 18.6 Å². The van der Waals surface area contributed by atoms with E-state index in [1.165, 1.54) is 0 Å². The number of aromatic amines is 1. The number of hydrogen-bond acceptors (Lipinski definition) is 3. The molecule has 1 heterocycles. The van der Waals surface area contributed by atoms with Crippen LogP contribution in [0.3, 0.4) is 0 Å². The Morgan fingerprint density at radius 3 is 2.75 bits per heavy atom. The van der Waals surface area contributed by atoms with E-state index < -0.39 is 0 Å². The van der Waals surface area contributed by atoms with Crippen molar-refractivity contribution in [1.29, 1.82) is 0 Å². The van der Waals surface area contributed by atoms with Crippen LogP contribution in [0.25, 0.3) is 0 Å². The molecule has 0 bridgehead atoms. The molecule has 2 N–H and O–H groups in total. The summed E-state index contributed by atoms with van der Waals surface area (Å²) in [6.45, 7) is 1.90. The molecule has 0 fully saturated rings. The topological polar surface area (TPSA) is 70.7 Å². The Labute approximate surface area is 96.8 Å². The average Bonchev–Trinajstić information content (AvgIpc) is 2.68. The molecule has 0 saturated heterocycles. The largest absolute Gasteiger partial charge is 0.320 e. The number of H-pyrrole nitrogens is 1. The van der Waals surface area contributed by atoms with Crippen molar-refractivity contribution in [1.82, 2.24) is 15.4 Å². The van der Waals surface area contributed by atoms with Gasteiger partial charge in [-0.1, -0.05) is 29.8 Å². The zero-order chi connectivity index (χ0) is 11.5. The molecule has 2 rings (SSSR count). The highest BCUT2D eigenvalue weighted by Gasteiger charge is 2.15. The van der Waals surface area contributed by atoms with Gasteiger partial charge in [0.2, 0.25) is 0 Å². The molecule has 0 atom stereocenters. The molecule has 1 aromatic heterocycles. The Bertz CT molecular complexity index is 523. The van der Waals surface area contributed by atoms with E-state index in [2.05, 4.69) is 20.7 Å². The number of aryl methyl sites for hydroxylation is 1. The van der Waals surface area contributed by atoms with Crippen molar-refractivity contribution >= 4 is 23.2 Å². The van der Waals surface area contributed by atoms with Crippen molar-refractivity contribution in [3.8, 4) is 0 Å². The summed E-state index contributed by atoms with van der Waals surface area (Å²) >= 11 is 5.67. The monoisotopic (exact) mass is 236 g/mol. The number of benzene rings is 1. The summed E-state index contributed by atoms with van der Waals surface area (Å²) in [5.41, 5.74) is 1.78. The lowest BCUT2D eigenvalue weighted by Crippen LogP contribution is -2.13. The molecule has 0 spiro atoms. The predicted molar refractivity (Wildman–Crippen MR) is 60.5 cm³/mol. The molecule has 1 amide bonds. The number of anilines is 1. The second-order valence-corrected chi connectivity index (χ2v) is 3.59. The number of nitrogens with one attached hydrogen (secondary N) is 2. The maximum absolute atomic E-state index is 11.7. The highest BCUT2D eigenvalue weighted by Crippen LogP contribution is 2.15. The smallest absolute Gasteiger partial charge is 0.279 e. The van der Waals surface area contributed by atoms with E-state index in [0.717, 1.165) is 11.3 Å². The summed E-state index contributed by atoms with van der Waals surface area (Å²) in [5.74, 6) is -0.381. The predicted octanol–water partition coefficient (Wildman–Crippen LogP) is 2.02. The van der Waals surface area contributed by atoms with Crippen LogP contribution in [0.2, 0.25) is 5.15 Å². The summed E-state index contributed by atoms with van der Waals surface area (Å²) in [6.07, 6.45) is 0. The molecule has 0 radical (unpaired) electrons. The Balaban J connectivity index is 2.21. The number of carbonyl (C=O) groups is 1. The number of halogens is 1. The van der Waals surface area contributed by atoms with Crippen molar-refractivity contribution in [3.05, 3.63) is 40.7 Å². The van der Waals surface area contributed by atoms with Crippen LogP contribution in [0.4, 0.5) is 5.69 Å². The summed E-state index contributed by atoms with van der Waals surface area (Å²) in [7, 11) is 0. The lowest BCUT2D eigenvalue weighted by Gasteiger charge is -2.05. The van der Waals surface area contributed by atoms with E-state index in [-0.39, 0.29) is 16.8 Å². The molecule has 0 unspecified atom stereocenters. The van der Waals surface area contributed by atoms with E-state index in [4.69, 9.17) is 11.6 Å². The minimum absolute atomic E-state index is 0.0612. The molecule has 82 valence electrons. The van der Waals surface area contributed by atoms with Gasteiger partial charge < -0.3 is 5.32 Å². The van der Waals surface area contributed by atoms with Gasteiger partial charge in [-0.25, -0.2) is 0 Å². The van der Waals surface area contributed by atoms with Crippen LogP contribution in [0, 0.1) is 6.92 Å². The van der Waals surface area contributed by atoms with Crippen molar-refractivity contribution in [2.24, 2.45) is 0 Å². The Morgan fingerprint density at radius 1 is 1.38 bits per heavy atom. The molecule has 6 heteroatoms. The van der Waals surface area contributed by atoms with Gasteiger partial charge in [0.15, 0.2) is 10.8 Å². The van der Waals surface area contributed by atoms with E-state index in [1.54, 1.807) is 6.07 Å². The van der Waals surface area contributed by atoms with Crippen LogP contribution in [-0.4, -0.2) is 21.3 Å². The minimum atomic E-state index is -0.381. The van der Waals surface area contributed by atoms with Crippen molar-refractivity contribution in [3.63, 3.8) is 0 Å². The number of amides is 1. The molecule has 16 heavy (non-hydrogen) atoms. The molecule has 0 saturated carbocycles. The normalized spacial score (nSPS) is 10.1. The molecule has 0 aliphatic heterocycles. The van der Waals surface area contributed by atoms with E-state index in [9.17, 15) is 4.79 Å². The second kappa shape index (κ2) is 4.32. The summed E-state index contributed by atoms with van der Waals surface area (Å²) in [6, 6.07) is 7.45. The Morgan fingerprint density at radius 2 is 2.12 bits per heavy atom. The molecular weight excluding hydrogens is 228 g/mol. The zero-order valence-corrected chi connectivity index (χ0v) is 9.25. The van der Waals surface area contributed by atoms with Crippen LogP contribution in [-0.2, 0) is 0 Å². The number of carbonyl (C=O) groups excluding carboxylic acids is 1. The van der Waals surface area contributed by atoms with Gasteiger partial charge in [-0.3, -0.25) is 4.79 Å². The third-order valence-electron chi connectivity index (χ3n) is 2.11. The lowest BCUT2D eigenvalue weighted by molar-refractivity contribution is 0.102. The first-order valence-corrected chi connectivity index (χ1v) is 4.99. The number of para-hydroxylation sites is 1. The summed E-state index contributed by atoms with van der Waals surface area (Å²) < 4.78 is 0. The average molecular weight is 237 g/mol. The van der Waals surface area contributed by atoms with Crippen LogP contribution < -0.4 is 5.32 Å².